The van der Waals surface area contributed by atoms with E-state index in [2.05, 4.69) is 5.32 Å². The Hall–Kier alpha value is -1.65. The van der Waals surface area contributed by atoms with Crippen molar-refractivity contribution in [1.82, 2.24) is 5.32 Å². The number of phenolic OH excluding ortho intramolecular Hbond substituents is 1. The lowest BCUT2D eigenvalue weighted by molar-refractivity contribution is 0.259. The van der Waals surface area contributed by atoms with Crippen LogP contribution in [0.3, 0.4) is 0 Å². The number of anilines is 1. The fraction of sp³-hybridized carbons (Fsp3) is 0.300. The van der Waals surface area contributed by atoms with Gasteiger partial charge in [0.05, 0.1) is 5.69 Å². The van der Waals surface area contributed by atoms with Crippen LogP contribution in [0.15, 0.2) is 18.2 Å². The number of phenols is 1. The van der Waals surface area contributed by atoms with Crippen LogP contribution in [0.25, 0.3) is 0 Å². The minimum absolute atomic E-state index is 0.122. The highest BCUT2D eigenvalue weighted by atomic mass is 16.3. The van der Waals surface area contributed by atoms with Gasteiger partial charge in [0.2, 0.25) is 0 Å². The summed E-state index contributed by atoms with van der Waals surface area (Å²) in [6, 6.07) is 5.22. The highest BCUT2D eigenvalue weighted by molar-refractivity contribution is 6.57. The predicted molar refractivity (Wildman–Crippen MR) is 60.0 cm³/mol. The molecule has 0 fully saturated rings. The van der Waals surface area contributed by atoms with Gasteiger partial charge >= 0.3 is 0 Å². The number of aryl methyl sites for hydroxylation is 1. The van der Waals surface area contributed by atoms with Gasteiger partial charge in [-0.15, -0.1) is 0 Å². The molecule has 0 aliphatic heterocycles. The van der Waals surface area contributed by atoms with Crippen LogP contribution in [0.1, 0.15) is 12.0 Å². The van der Waals surface area contributed by atoms with Crippen molar-refractivity contribution in [2.75, 3.05) is 12.3 Å². The van der Waals surface area contributed by atoms with Gasteiger partial charge in [-0.25, -0.2) is 0 Å². The van der Waals surface area contributed by atoms with Gasteiger partial charge in [0.25, 0.3) is 0 Å². The molecule has 0 aliphatic carbocycles. The molecule has 5 heteroatoms. The standard InChI is InChI=1S/C10H13BN2O2/c11-10(15)13-6-2-4-7-3-1-5-8(12)9(7)14/h1,3,5,14H,2,4,6,12H2,(H,13,15). The predicted octanol–water partition coefficient (Wildman–Crippen LogP) is 0.785. The third-order valence-corrected chi connectivity index (χ3v) is 2.07. The van der Waals surface area contributed by atoms with Gasteiger partial charge in [-0.1, -0.05) is 12.1 Å². The Morgan fingerprint density at radius 3 is 2.93 bits per heavy atom. The van der Waals surface area contributed by atoms with Crippen LogP contribution in [-0.2, 0) is 6.42 Å². The molecule has 0 bridgehead atoms. The molecule has 4 nitrogen and oxygen atoms in total. The Bertz CT molecular complexity index is 355. The van der Waals surface area contributed by atoms with Gasteiger partial charge in [-0.3, -0.25) is 4.79 Å². The number of hydrogen-bond acceptors (Lipinski definition) is 3. The number of benzene rings is 1. The van der Waals surface area contributed by atoms with E-state index in [-0.39, 0.29) is 5.75 Å². The normalized spacial score (nSPS) is 9.87. The van der Waals surface area contributed by atoms with Gasteiger partial charge in [0.15, 0.2) is 13.7 Å². The Morgan fingerprint density at radius 2 is 2.27 bits per heavy atom. The van der Waals surface area contributed by atoms with E-state index in [9.17, 15) is 9.90 Å². The van der Waals surface area contributed by atoms with E-state index < -0.39 is 5.81 Å². The van der Waals surface area contributed by atoms with E-state index in [1.807, 2.05) is 0 Å². The highest BCUT2D eigenvalue weighted by Gasteiger charge is 2.03. The van der Waals surface area contributed by atoms with Gasteiger partial charge in [-0.2, -0.15) is 0 Å². The molecule has 1 aromatic carbocycles. The molecular weight excluding hydrogens is 191 g/mol. The van der Waals surface area contributed by atoms with Crippen LogP contribution >= 0.6 is 0 Å². The molecule has 0 unspecified atom stereocenters. The third kappa shape index (κ3) is 3.54. The van der Waals surface area contributed by atoms with E-state index in [1.165, 1.54) is 0 Å². The fourth-order valence-electron chi connectivity index (χ4n) is 1.30. The summed E-state index contributed by atoms with van der Waals surface area (Å²) < 4.78 is 0. The van der Waals surface area contributed by atoms with Crippen molar-refractivity contribution >= 4 is 19.3 Å². The Kier molecular flexibility index (Phi) is 4.03. The first-order valence-corrected chi connectivity index (χ1v) is 4.71. The lowest BCUT2D eigenvalue weighted by atomic mass is 10.1. The zero-order valence-corrected chi connectivity index (χ0v) is 8.36. The van der Waals surface area contributed by atoms with Gasteiger partial charge < -0.3 is 16.2 Å². The molecule has 0 aromatic heterocycles. The third-order valence-electron chi connectivity index (χ3n) is 2.07. The monoisotopic (exact) mass is 204 g/mol. The largest absolute Gasteiger partial charge is 0.506 e. The molecule has 0 spiro atoms. The molecule has 0 saturated carbocycles. The number of carbonyl (C=O) groups excluding carboxylic acids is 1. The number of amides is 1. The molecule has 2 radical (unpaired) electrons. The van der Waals surface area contributed by atoms with Crippen LogP contribution in [0.2, 0.25) is 0 Å². The molecule has 1 aromatic rings. The molecule has 78 valence electrons. The smallest absolute Gasteiger partial charge is 0.200 e. The van der Waals surface area contributed by atoms with Crippen molar-refractivity contribution in [3.8, 4) is 5.75 Å². The average molecular weight is 204 g/mol. The topological polar surface area (TPSA) is 75.4 Å². The Morgan fingerprint density at radius 1 is 1.53 bits per heavy atom. The second kappa shape index (κ2) is 5.29. The van der Waals surface area contributed by atoms with Crippen molar-refractivity contribution in [1.29, 1.82) is 0 Å². The second-order valence-electron chi connectivity index (χ2n) is 3.25. The summed E-state index contributed by atoms with van der Waals surface area (Å²) in [4.78, 5) is 10.4. The first-order chi connectivity index (χ1) is 7.11. The minimum Gasteiger partial charge on any atom is -0.506 e. The van der Waals surface area contributed by atoms with Crippen LogP contribution in [0.5, 0.6) is 5.75 Å². The second-order valence-corrected chi connectivity index (χ2v) is 3.25. The number of nitrogens with two attached hydrogens (primary N) is 1. The summed E-state index contributed by atoms with van der Waals surface area (Å²) in [6.07, 6.45) is 1.36. The van der Waals surface area contributed by atoms with E-state index in [1.54, 1.807) is 18.2 Å². The summed E-state index contributed by atoms with van der Waals surface area (Å²) in [6.45, 7) is 0.490. The lowest BCUT2D eigenvalue weighted by Crippen LogP contribution is -2.22. The molecule has 0 heterocycles. The van der Waals surface area contributed by atoms with Crippen molar-refractivity contribution in [2.45, 2.75) is 12.8 Å². The maximum absolute atomic E-state index is 10.4. The summed E-state index contributed by atoms with van der Waals surface area (Å²) in [5, 5.41) is 12.0. The zero-order chi connectivity index (χ0) is 11.3. The number of hydrogen-bond donors (Lipinski definition) is 3. The van der Waals surface area contributed by atoms with Gasteiger partial charge in [0, 0.05) is 6.54 Å². The average Bonchev–Trinajstić information content (AvgIpc) is 2.18. The number of nitrogens with one attached hydrogen (secondary N) is 1. The summed E-state index contributed by atoms with van der Waals surface area (Å²) in [7, 11) is 4.91. The lowest BCUT2D eigenvalue weighted by Gasteiger charge is -2.06. The molecular formula is C10H13BN2O2. The summed E-state index contributed by atoms with van der Waals surface area (Å²) in [5.41, 5.74) is 6.68. The Labute approximate surface area is 89.9 Å². The number of aromatic hydroxyl groups is 1. The van der Waals surface area contributed by atoms with Gasteiger partial charge in [-0.05, 0) is 24.5 Å². The molecule has 0 saturated heterocycles. The number of nitrogen functional groups attached to an aromatic ring is 1. The van der Waals surface area contributed by atoms with Crippen LogP contribution in [0, 0.1) is 0 Å². The quantitative estimate of drug-likeness (QED) is 0.293. The van der Waals surface area contributed by atoms with Gasteiger partial charge in [0.1, 0.15) is 5.75 Å². The van der Waals surface area contributed by atoms with Crippen LogP contribution < -0.4 is 11.1 Å². The molecule has 4 N–H and O–H groups in total. The Balaban J connectivity index is 2.44. The van der Waals surface area contributed by atoms with E-state index >= 15 is 0 Å². The first kappa shape index (κ1) is 11.4. The number of carbonyl (C=O) groups is 1. The molecule has 1 rings (SSSR count). The summed E-state index contributed by atoms with van der Waals surface area (Å²) in [5.74, 6) is -0.414. The highest BCUT2D eigenvalue weighted by Crippen LogP contribution is 2.25. The molecule has 1 amide bonds. The zero-order valence-electron chi connectivity index (χ0n) is 8.36. The van der Waals surface area contributed by atoms with Crippen molar-refractivity contribution in [3.63, 3.8) is 0 Å². The van der Waals surface area contributed by atoms with E-state index in [0.717, 1.165) is 5.56 Å². The number of rotatable bonds is 4. The maximum atomic E-state index is 10.4. The van der Waals surface area contributed by atoms with Crippen molar-refractivity contribution in [2.24, 2.45) is 0 Å². The van der Waals surface area contributed by atoms with E-state index in [0.29, 0.717) is 25.1 Å². The minimum atomic E-state index is -0.535. The SMILES string of the molecule is [B]C(=O)NCCCc1cccc(N)c1O. The fourth-order valence-corrected chi connectivity index (χ4v) is 1.30. The maximum Gasteiger partial charge on any atom is 0.200 e. The molecule has 0 atom stereocenters. The molecule has 15 heavy (non-hydrogen) atoms. The van der Waals surface area contributed by atoms with Crippen molar-refractivity contribution in [3.05, 3.63) is 23.8 Å². The first-order valence-electron chi connectivity index (χ1n) is 4.71. The number of para-hydroxylation sites is 1. The van der Waals surface area contributed by atoms with Crippen LogP contribution in [0.4, 0.5) is 10.5 Å². The molecule has 0 aliphatic rings. The van der Waals surface area contributed by atoms with Crippen LogP contribution in [-0.4, -0.2) is 25.3 Å². The van der Waals surface area contributed by atoms with E-state index in [4.69, 9.17) is 13.6 Å². The van der Waals surface area contributed by atoms with Crippen molar-refractivity contribution < 1.29 is 9.90 Å². The summed E-state index contributed by atoms with van der Waals surface area (Å²) >= 11 is 0.